The molecule has 0 spiro atoms. The van der Waals surface area contributed by atoms with Gasteiger partial charge in [-0.1, -0.05) is 19.9 Å². The number of nitrogens with zero attached hydrogens (tertiary/aromatic N) is 2. The first-order valence-electron chi connectivity index (χ1n) is 9.13. The van der Waals surface area contributed by atoms with Crippen LogP contribution in [0.1, 0.15) is 32.8 Å². The number of likely N-dealkylation sites (N-methyl/N-ethyl adjacent to an activating group) is 1. The molecule has 142 valence electrons. The minimum Gasteiger partial charge on any atom is -0.493 e. The van der Waals surface area contributed by atoms with Gasteiger partial charge >= 0.3 is 0 Å². The first kappa shape index (κ1) is 21.1. The van der Waals surface area contributed by atoms with E-state index in [0.717, 1.165) is 55.7 Å². The molecule has 0 amide bonds. The van der Waals surface area contributed by atoms with Gasteiger partial charge in [-0.2, -0.15) is 0 Å². The van der Waals surface area contributed by atoms with E-state index in [9.17, 15) is 0 Å². The molecule has 0 unspecified atom stereocenters. The molecule has 0 heterocycles. The van der Waals surface area contributed by atoms with E-state index in [2.05, 4.69) is 41.3 Å². The zero-order valence-electron chi connectivity index (χ0n) is 16.4. The van der Waals surface area contributed by atoms with E-state index in [0.29, 0.717) is 6.54 Å². The molecule has 0 aliphatic rings. The van der Waals surface area contributed by atoms with E-state index in [4.69, 9.17) is 9.47 Å². The van der Waals surface area contributed by atoms with Crippen molar-refractivity contribution >= 4 is 5.96 Å². The molecular weight excluding hydrogens is 316 g/mol. The highest BCUT2D eigenvalue weighted by molar-refractivity contribution is 5.79. The molecule has 0 aliphatic carbocycles. The van der Waals surface area contributed by atoms with Crippen LogP contribution in [0.15, 0.2) is 23.2 Å². The Balaban J connectivity index is 2.62. The molecule has 1 aromatic carbocycles. The van der Waals surface area contributed by atoms with Gasteiger partial charge in [0.1, 0.15) is 0 Å². The molecule has 0 saturated carbocycles. The first-order valence-corrected chi connectivity index (χ1v) is 9.13. The Hall–Kier alpha value is -1.95. The van der Waals surface area contributed by atoms with Crippen LogP contribution in [0.2, 0.25) is 0 Å². The maximum absolute atomic E-state index is 5.35. The van der Waals surface area contributed by atoms with E-state index >= 15 is 0 Å². The standard InChI is InChI=1S/C19H34N4O2/c1-6-12-23(8-3)13-11-21-19(20-7-2)22-15-16-9-10-17(24-4)18(14-16)25-5/h9-10,14H,6-8,11-13,15H2,1-5H3,(H2,20,21,22). The van der Waals surface area contributed by atoms with Crippen LogP contribution >= 0.6 is 0 Å². The summed E-state index contributed by atoms with van der Waals surface area (Å²) in [6, 6.07) is 5.88. The third-order valence-corrected chi connectivity index (χ3v) is 3.92. The van der Waals surface area contributed by atoms with Crippen LogP contribution in [0.5, 0.6) is 11.5 Å². The Kier molecular flexibility index (Phi) is 10.5. The smallest absolute Gasteiger partial charge is 0.191 e. The van der Waals surface area contributed by atoms with Crippen LogP contribution in [-0.2, 0) is 6.54 Å². The molecule has 0 fully saturated rings. The monoisotopic (exact) mass is 350 g/mol. The topological polar surface area (TPSA) is 58.1 Å². The fourth-order valence-corrected chi connectivity index (χ4v) is 2.57. The Bertz CT molecular complexity index is 520. The van der Waals surface area contributed by atoms with Crippen molar-refractivity contribution in [2.24, 2.45) is 4.99 Å². The molecule has 1 aromatic rings. The highest BCUT2D eigenvalue weighted by Gasteiger charge is 2.05. The molecule has 6 heteroatoms. The highest BCUT2D eigenvalue weighted by Crippen LogP contribution is 2.27. The average Bonchev–Trinajstić information content (AvgIpc) is 2.64. The third kappa shape index (κ3) is 7.65. The first-order chi connectivity index (χ1) is 12.2. The van der Waals surface area contributed by atoms with Crippen molar-refractivity contribution in [1.82, 2.24) is 15.5 Å². The van der Waals surface area contributed by atoms with Gasteiger partial charge in [-0.05, 0) is 44.1 Å². The van der Waals surface area contributed by atoms with Gasteiger partial charge in [0.05, 0.1) is 20.8 Å². The number of rotatable bonds is 11. The molecule has 6 nitrogen and oxygen atoms in total. The highest BCUT2D eigenvalue weighted by atomic mass is 16.5. The number of hydrogen-bond acceptors (Lipinski definition) is 4. The zero-order valence-corrected chi connectivity index (χ0v) is 16.4. The van der Waals surface area contributed by atoms with E-state index in [1.54, 1.807) is 14.2 Å². The summed E-state index contributed by atoms with van der Waals surface area (Å²) in [5.74, 6) is 2.30. The van der Waals surface area contributed by atoms with Crippen LogP contribution in [-0.4, -0.2) is 57.8 Å². The van der Waals surface area contributed by atoms with Crippen LogP contribution in [0.4, 0.5) is 0 Å². The normalized spacial score (nSPS) is 11.5. The lowest BCUT2D eigenvalue weighted by molar-refractivity contribution is 0.293. The quantitative estimate of drug-likeness (QED) is 0.474. The van der Waals surface area contributed by atoms with Crippen LogP contribution in [0.25, 0.3) is 0 Å². The van der Waals surface area contributed by atoms with E-state index in [-0.39, 0.29) is 0 Å². The van der Waals surface area contributed by atoms with Crippen molar-refractivity contribution in [2.45, 2.75) is 33.7 Å². The van der Waals surface area contributed by atoms with Crippen molar-refractivity contribution in [3.05, 3.63) is 23.8 Å². The van der Waals surface area contributed by atoms with Crippen molar-refractivity contribution in [3.8, 4) is 11.5 Å². The van der Waals surface area contributed by atoms with Crippen LogP contribution in [0, 0.1) is 0 Å². The SMILES string of the molecule is CCCN(CC)CCNC(=NCc1ccc(OC)c(OC)c1)NCC. The molecule has 0 radical (unpaired) electrons. The summed E-state index contributed by atoms with van der Waals surface area (Å²) < 4.78 is 10.6. The van der Waals surface area contributed by atoms with Gasteiger partial charge in [-0.3, -0.25) is 0 Å². The number of ether oxygens (including phenoxy) is 2. The summed E-state index contributed by atoms with van der Waals surface area (Å²) in [4.78, 5) is 7.10. The predicted octanol–water partition coefficient (Wildman–Crippen LogP) is 2.49. The molecule has 25 heavy (non-hydrogen) atoms. The van der Waals surface area contributed by atoms with Gasteiger partial charge in [0, 0.05) is 19.6 Å². The summed E-state index contributed by atoms with van der Waals surface area (Å²) >= 11 is 0. The van der Waals surface area contributed by atoms with Crippen molar-refractivity contribution in [1.29, 1.82) is 0 Å². The predicted molar refractivity (Wildman–Crippen MR) is 105 cm³/mol. The largest absolute Gasteiger partial charge is 0.493 e. The Morgan fingerprint density at radius 3 is 2.40 bits per heavy atom. The Morgan fingerprint density at radius 2 is 1.80 bits per heavy atom. The number of aliphatic imine (C=N–C) groups is 1. The zero-order chi connectivity index (χ0) is 18.5. The Labute approximate surface area is 152 Å². The molecule has 0 atom stereocenters. The minimum absolute atomic E-state index is 0.585. The fraction of sp³-hybridized carbons (Fsp3) is 0.632. The Morgan fingerprint density at radius 1 is 1.04 bits per heavy atom. The third-order valence-electron chi connectivity index (χ3n) is 3.92. The second-order valence-corrected chi connectivity index (χ2v) is 5.75. The van der Waals surface area contributed by atoms with Crippen molar-refractivity contribution in [2.75, 3.05) is 46.9 Å². The van der Waals surface area contributed by atoms with E-state index < -0.39 is 0 Å². The van der Waals surface area contributed by atoms with Crippen molar-refractivity contribution < 1.29 is 9.47 Å². The maximum atomic E-state index is 5.35. The maximum Gasteiger partial charge on any atom is 0.191 e. The molecule has 0 bridgehead atoms. The lowest BCUT2D eigenvalue weighted by Crippen LogP contribution is -2.41. The number of hydrogen-bond donors (Lipinski definition) is 2. The molecule has 2 N–H and O–H groups in total. The number of benzene rings is 1. The number of nitrogens with one attached hydrogen (secondary N) is 2. The summed E-state index contributed by atoms with van der Waals surface area (Å²) in [5, 5.41) is 6.70. The summed E-state index contributed by atoms with van der Waals surface area (Å²) in [5.41, 5.74) is 1.08. The van der Waals surface area contributed by atoms with Gasteiger partial charge in [0.2, 0.25) is 0 Å². The van der Waals surface area contributed by atoms with Gasteiger partial charge < -0.3 is 25.0 Å². The van der Waals surface area contributed by atoms with Gasteiger partial charge in [0.15, 0.2) is 17.5 Å². The second kappa shape index (κ2) is 12.4. The lowest BCUT2D eigenvalue weighted by atomic mass is 10.2. The second-order valence-electron chi connectivity index (χ2n) is 5.75. The van der Waals surface area contributed by atoms with Gasteiger partial charge in [-0.25, -0.2) is 4.99 Å². The van der Waals surface area contributed by atoms with Crippen LogP contribution < -0.4 is 20.1 Å². The minimum atomic E-state index is 0.585. The fourth-order valence-electron chi connectivity index (χ4n) is 2.57. The molecule has 0 saturated heterocycles. The summed E-state index contributed by atoms with van der Waals surface area (Å²) in [6.07, 6.45) is 1.18. The van der Waals surface area contributed by atoms with Gasteiger partial charge in [0.25, 0.3) is 0 Å². The lowest BCUT2D eigenvalue weighted by Gasteiger charge is -2.20. The number of guanidine groups is 1. The average molecular weight is 351 g/mol. The molecular formula is C19H34N4O2. The molecule has 0 aliphatic heterocycles. The van der Waals surface area contributed by atoms with Crippen molar-refractivity contribution in [3.63, 3.8) is 0 Å². The van der Waals surface area contributed by atoms with Crippen LogP contribution in [0.3, 0.4) is 0 Å². The number of methoxy groups -OCH3 is 2. The van der Waals surface area contributed by atoms with E-state index in [1.165, 1.54) is 6.42 Å². The summed E-state index contributed by atoms with van der Waals surface area (Å²) in [6.45, 7) is 12.0. The van der Waals surface area contributed by atoms with Gasteiger partial charge in [-0.15, -0.1) is 0 Å². The molecule has 1 rings (SSSR count). The van der Waals surface area contributed by atoms with E-state index in [1.807, 2.05) is 18.2 Å². The summed E-state index contributed by atoms with van der Waals surface area (Å²) in [7, 11) is 3.29. The molecule has 0 aromatic heterocycles.